The standard InChI is InChI=1S/C15H12Cl2I2O2/c1-15(2,20-13-5-3-9(16)7-11(13)18)21-14-6-4-10(17)8-12(14)19/h3-8H,1-2H3. The predicted octanol–water partition coefficient (Wildman–Crippen LogP) is 6.40. The molecule has 0 bridgehead atoms. The fourth-order valence-electron chi connectivity index (χ4n) is 1.67. The number of hydrogen-bond acceptors (Lipinski definition) is 2. The van der Waals surface area contributed by atoms with Crippen LogP contribution in [-0.2, 0) is 0 Å². The van der Waals surface area contributed by atoms with Gasteiger partial charge >= 0.3 is 0 Å². The molecule has 0 radical (unpaired) electrons. The molecule has 0 aliphatic heterocycles. The average molecular weight is 549 g/mol. The Morgan fingerprint density at radius 2 is 1.19 bits per heavy atom. The quantitative estimate of drug-likeness (QED) is 0.325. The van der Waals surface area contributed by atoms with Crippen LogP contribution in [0.3, 0.4) is 0 Å². The summed E-state index contributed by atoms with van der Waals surface area (Å²) >= 11 is 16.3. The molecule has 0 spiro atoms. The first-order chi connectivity index (χ1) is 9.77. The fourth-order valence-corrected chi connectivity index (χ4v) is 3.63. The van der Waals surface area contributed by atoms with E-state index in [1.54, 1.807) is 12.1 Å². The van der Waals surface area contributed by atoms with Crippen LogP contribution in [0.25, 0.3) is 0 Å². The van der Waals surface area contributed by atoms with Gasteiger partial charge in [0.25, 0.3) is 0 Å². The summed E-state index contributed by atoms with van der Waals surface area (Å²) in [7, 11) is 0. The molecule has 0 N–H and O–H groups in total. The molecule has 2 nitrogen and oxygen atoms in total. The van der Waals surface area contributed by atoms with Crippen LogP contribution in [0.5, 0.6) is 11.5 Å². The Morgan fingerprint density at radius 3 is 1.52 bits per heavy atom. The van der Waals surface area contributed by atoms with E-state index in [4.69, 9.17) is 32.7 Å². The fraction of sp³-hybridized carbons (Fsp3) is 0.200. The molecule has 0 heterocycles. The van der Waals surface area contributed by atoms with Crippen LogP contribution >= 0.6 is 68.4 Å². The van der Waals surface area contributed by atoms with Gasteiger partial charge in [0.1, 0.15) is 11.5 Å². The van der Waals surface area contributed by atoms with Gasteiger partial charge in [-0.3, -0.25) is 0 Å². The van der Waals surface area contributed by atoms with Gasteiger partial charge in [-0.1, -0.05) is 23.2 Å². The highest BCUT2D eigenvalue weighted by molar-refractivity contribution is 14.1. The molecule has 21 heavy (non-hydrogen) atoms. The van der Waals surface area contributed by atoms with Crippen LogP contribution in [0.15, 0.2) is 36.4 Å². The maximum atomic E-state index is 5.95. The molecule has 2 aromatic rings. The second-order valence-electron chi connectivity index (χ2n) is 4.75. The first-order valence-electron chi connectivity index (χ1n) is 6.05. The Hall–Kier alpha value is 0.0800. The largest absolute Gasteiger partial charge is 0.452 e. The van der Waals surface area contributed by atoms with Crippen LogP contribution in [0.1, 0.15) is 13.8 Å². The van der Waals surface area contributed by atoms with E-state index >= 15 is 0 Å². The summed E-state index contributed by atoms with van der Waals surface area (Å²) in [5.74, 6) is 0.643. The average Bonchev–Trinajstić information content (AvgIpc) is 2.36. The van der Waals surface area contributed by atoms with Gasteiger partial charge < -0.3 is 9.47 Å². The lowest BCUT2D eigenvalue weighted by atomic mass is 10.3. The van der Waals surface area contributed by atoms with Crippen molar-refractivity contribution in [1.82, 2.24) is 0 Å². The summed E-state index contributed by atoms with van der Waals surface area (Å²) in [5, 5.41) is 1.36. The maximum Gasteiger partial charge on any atom is 0.245 e. The lowest BCUT2D eigenvalue weighted by molar-refractivity contribution is -0.0820. The summed E-state index contributed by atoms with van der Waals surface area (Å²) in [6.07, 6.45) is 0. The minimum absolute atomic E-state index is 0.678. The van der Waals surface area contributed by atoms with E-state index in [2.05, 4.69) is 45.2 Å². The molecule has 0 aliphatic carbocycles. The van der Waals surface area contributed by atoms with E-state index < -0.39 is 5.79 Å². The van der Waals surface area contributed by atoms with E-state index in [0.29, 0.717) is 10.0 Å². The molecule has 112 valence electrons. The van der Waals surface area contributed by atoms with Gasteiger partial charge in [0, 0.05) is 23.9 Å². The number of halogens is 4. The molecular weight excluding hydrogens is 537 g/mol. The van der Waals surface area contributed by atoms with E-state index in [1.165, 1.54) is 0 Å². The van der Waals surface area contributed by atoms with Crippen molar-refractivity contribution in [3.8, 4) is 11.5 Å². The van der Waals surface area contributed by atoms with Crippen LogP contribution < -0.4 is 9.47 Å². The third-order valence-electron chi connectivity index (χ3n) is 2.50. The van der Waals surface area contributed by atoms with Crippen molar-refractivity contribution in [2.45, 2.75) is 19.6 Å². The smallest absolute Gasteiger partial charge is 0.245 e. The SMILES string of the molecule is CC(C)(Oc1ccc(Cl)cc1I)Oc1ccc(Cl)cc1I. The minimum Gasteiger partial charge on any atom is -0.452 e. The zero-order valence-electron chi connectivity index (χ0n) is 11.3. The highest BCUT2D eigenvalue weighted by atomic mass is 127. The molecule has 0 saturated carbocycles. The Morgan fingerprint density at radius 1 is 0.810 bits per heavy atom. The summed E-state index contributed by atoms with van der Waals surface area (Å²) in [6.45, 7) is 3.73. The van der Waals surface area contributed by atoms with Gasteiger partial charge in [0.15, 0.2) is 0 Å². The van der Waals surface area contributed by atoms with Gasteiger partial charge in [0.05, 0.1) is 7.14 Å². The van der Waals surface area contributed by atoms with E-state index in [0.717, 1.165) is 18.6 Å². The Kier molecular flexibility index (Phi) is 5.90. The van der Waals surface area contributed by atoms with Gasteiger partial charge in [-0.25, -0.2) is 0 Å². The summed E-state index contributed by atoms with van der Waals surface area (Å²) in [5.41, 5.74) is 0. The molecule has 0 unspecified atom stereocenters. The molecule has 0 fully saturated rings. The zero-order valence-corrected chi connectivity index (χ0v) is 17.1. The molecule has 0 amide bonds. The number of ether oxygens (including phenoxy) is 2. The monoisotopic (exact) mass is 548 g/mol. The van der Waals surface area contributed by atoms with E-state index in [-0.39, 0.29) is 0 Å². The molecular formula is C15H12Cl2I2O2. The number of hydrogen-bond donors (Lipinski definition) is 0. The first kappa shape index (κ1) is 17.4. The van der Waals surface area contributed by atoms with E-state index in [1.807, 2.05) is 38.1 Å². The topological polar surface area (TPSA) is 18.5 Å². The lowest BCUT2D eigenvalue weighted by Crippen LogP contribution is -2.35. The Bertz CT molecular complexity index is 605. The number of rotatable bonds is 4. The second kappa shape index (κ2) is 7.10. The summed E-state index contributed by atoms with van der Waals surface area (Å²) in [6, 6.07) is 10.9. The van der Waals surface area contributed by atoms with Crippen molar-refractivity contribution in [3.63, 3.8) is 0 Å². The van der Waals surface area contributed by atoms with Crippen LogP contribution in [0.4, 0.5) is 0 Å². The highest BCUT2D eigenvalue weighted by Crippen LogP contribution is 2.31. The zero-order chi connectivity index (χ0) is 15.6. The molecule has 2 aromatic carbocycles. The van der Waals surface area contributed by atoms with Crippen molar-refractivity contribution < 1.29 is 9.47 Å². The normalized spacial score (nSPS) is 11.3. The van der Waals surface area contributed by atoms with Crippen molar-refractivity contribution in [2.75, 3.05) is 0 Å². The predicted molar refractivity (Wildman–Crippen MR) is 104 cm³/mol. The molecule has 6 heteroatoms. The lowest BCUT2D eigenvalue weighted by Gasteiger charge is -2.28. The van der Waals surface area contributed by atoms with Gasteiger partial charge in [0.2, 0.25) is 5.79 Å². The van der Waals surface area contributed by atoms with Crippen LogP contribution in [-0.4, -0.2) is 5.79 Å². The highest BCUT2D eigenvalue weighted by Gasteiger charge is 2.24. The Balaban J connectivity index is 2.18. The van der Waals surface area contributed by atoms with Crippen LogP contribution in [0.2, 0.25) is 10.0 Å². The third kappa shape index (κ3) is 5.04. The third-order valence-corrected chi connectivity index (χ3v) is 4.66. The van der Waals surface area contributed by atoms with Gasteiger partial charge in [-0.15, -0.1) is 0 Å². The van der Waals surface area contributed by atoms with Gasteiger partial charge in [-0.05, 0) is 81.6 Å². The van der Waals surface area contributed by atoms with Crippen molar-refractivity contribution in [1.29, 1.82) is 0 Å². The maximum absolute atomic E-state index is 5.95. The van der Waals surface area contributed by atoms with Crippen molar-refractivity contribution in [3.05, 3.63) is 53.6 Å². The minimum atomic E-state index is -0.818. The summed E-state index contributed by atoms with van der Waals surface area (Å²) < 4.78 is 13.8. The van der Waals surface area contributed by atoms with Crippen molar-refractivity contribution >= 4 is 68.4 Å². The molecule has 0 aromatic heterocycles. The molecule has 2 rings (SSSR count). The first-order valence-corrected chi connectivity index (χ1v) is 8.96. The number of benzene rings is 2. The molecule has 0 saturated heterocycles. The summed E-state index contributed by atoms with van der Waals surface area (Å²) in [4.78, 5) is 0. The van der Waals surface area contributed by atoms with Crippen molar-refractivity contribution in [2.24, 2.45) is 0 Å². The molecule has 0 aliphatic rings. The van der Waals surface area contributed by atoms with Gasteiger partial charge in [-0.2, -0.15) is 0 Å². The molecule has 0 atom stereocenters. The Labute approximate surface area is 161 Å². The van der Waals surface area contributed by atoms with Crippen LogP contribution in [0, 0.1) is 7.14 Å². The second-order valence-corrected chi connectivity index (χ2v) is 7.95. The van der Waals surface area contributed by atoms with E-state index in [9.17, 15) is 0 Å².